The summed E-state index contributed by atoms with van der Waals surface area (Å²) >= 11 is 3.10. The molecular weight excluding hydrogens is 297 g/mol. The summed E-state index contributed by atoms with van der Waals surface area (Å²) in [7, 11) is -3.59. The fraction of sp³-hybridized carbons (Fsp3) is 0.400. The number of anilines is 1. The van der Waals surface area contributed by atoms with Crippen LogP contribution in [0.25, 0.3) is 0 Å². The van der Waals surface area contributed by atoms with E-state index in [1.165, 1.54) is 12.1 Å². The highest BCUT2D eigenvalue weighted by Gasteiger charge is 2.29. The summed E-state index contributed by atoms with van der Waals surface area (Å²) in [5.41, 5.74) is -0.0434. The second-order valence-corrected chi connectivity index (χ2v) is 7.69. The molecule has 1 rings (SSSR count). The third kappa shape index (κ3) is 2.95. The molecule has 6 heteroatoms. The van der Waals surface area contributed by atoms with Crippen molar-refractivity contribution in [1.82, 2.24) is 0 Å². The van der Waals surface area contributed by atoms with Gasteiger partial charge in [0, 0.05) is 4.47 Å². The third-order valence-corrected chi connectivity index (χ3v) is 4.58. The van der Waals surface area contributed by atoms with Gasteiger partial charge in [0.1, 0.15) is 5.82 Å². The number of hydrogen-bond acceptors (Lipinski definition) is 2. The van der Waals surface area contributed by atoms with Gasteiger partial charge in [0.25, 0.3) is 0 Å². The molecule has 1 aromatic rings. The van der Waals surface area contributed by atoms with Crippen molar-refractivity contribution in [2.45, 2.75) is 25.5 Å². The Bertz CT molecular complexity index is 494. The van der Waals surface area contributed by atoms with Crippen LogP contribution in [0.5, 0.6) is 0 Å². The molecule has 16 heavy (non-hydrogen) atoms. The zero-order valence-corrected chi connectivity index (χ0v) is 11.6. The lowest BCUT2D eigenvalue weighted by atomic mass is 10.3. The van der Waals surface area contributed by atoms with Crippen molar-refractivity contribution in [2.75, 3.05) is 4.72 Å². The highest BCUT2D eigenvalue weighted by Crippen LogP contribution is 2.24. The first-order valence-corrected chi connectivity index (χ1v) is 6.88. The topological polar surface area (TPSA) is 46.2 Å². The smallest absolute Gasteiger partial charge is 0.237 e. The fourth-order valence-electron chi connectivity index (χ4n) is 0.870. The first-order valence-electron chi connectivity index (χ1n) is 4.61. The maximum Gasteiger partial charge on any atom is 0.237 e. The molecule has 0 aliphatic carbocycles. The minimum absolute atomic E-state index is 0.0434. The second kappa shape index (κ2) is 4.33. The molecule has 0 spiro atoms. The van der Waals surface area contributed by atoms with Gasteiger partial charge < -0.3 is 0 Å². The van der Waals surface area contributed by atoms with E-state index < -0.39 is 20.6 Å². The first kappa shape index (κ1) is 13.4. The molecule has 0 fully saturated rings. The maximum atomic E-state index is 13.4. The van der Waals surface area contributed by atoms with Gasteiger partial charge in [-0.3, -0.25) is 4.72 Å². The zero-order chi connectivity index (χ0) is 12.6. The molecule has 0 heterocycles. The number of nitrogens with one attached hydrogen (secondary N) is 1. The summed E-state index contributed by atoms with van der Waals surface area (Å²) in [5, 5.41) is 0. The average molecular weight is 310 g/mol. The van der Waals surface area contributed by atoms with E-state index >= 15 is 0 Å². The summed E-state index contributed by atoms with van der Waals surface area (Å²) in [6.45, 7) is 4.64. The van der Waals surface area contributed by atoms with Crippen LogP contribution in [0.3, 0.4) is 0 Å². The van der Waals surface area contributed by atoms with Crippen molar-refractivity contribution < 1.29 is 12.8 Å². The molecule has 0 radical (unpaired) electrons. The van der Waals surface area contributed by atoms with Crippen LogP contribution in [0.1, 0.15) is 20.8 Å². The van der Waals surface area contributed by atoms with Crippen LogP contribution in [0, 0.1) is 5.82 Å². The van der Waals surface area contributed by atoms with E-state index in [9.17, 15) is 12.8 Å². The maximum absolute atomic E-state index is 13.4. The van der Waals surface area contributed by atoms with E-state index in [4.69, 9.17) is 0 Å². The average Bonchev–Trinajstić information content (AvgIpc) is 2.08. The lowest BCUT2D eigenvalue weighted by Crippen LogP contribution is -2.33. The molecule has 0 saturated carbocycles. The number of rotatable bonds is 2. The molecule has 1 N–H and O–H groups in total. The summed E-state index contributed by atoms with van der Waals surface area (Å²) in [4.78, 5) is 0. The molecule has 0 amide bonds. The predicted octanol–water partition coefficient (Wildman–Crippen LogP) is 3.13. The minimum Gasteiger partial charge on any atom is -0.280 e. The Hall–Kier alpha value is -0.620. The Morgan fingerprint density at radius 1 is 1.31 bits per heavy atom. The van der Waals surface area contributed by atoms with Crippen LogP contribution < -0.4 is 4.72 Å². The van der Waals surface area contributed by atoms with Gasteiger partial charge in [-0.15, -0.1) is 0 Å². The van der Waals surface area contributed by atoms with Crippen molar-refractivity contribution in [3.8, 4) is 0 Å². The van der Waals surface area contributed by atoms with E-state index in [0.717, 1.165) is 0 Å². The summed E-state index contributed by atoms with van der Waals surface area (Å²) in [5.74, 6) is -0.609. The minimum atomic E-state index is -3.59. The van der Waals surface area contributed by atoms with Crippen LogP contribution in [-0.4, -0.2) is 13.2 Å². The van der Waals surface area contributed by atoms with E-state index in [1.54, 1.807) is 26.8 Å². The summed E-state index contributed by atoms with van der Waals surface area (Å²) < 4.78 is 38.8. The molecular formula is C10H13BrFNO2S. The monoisotopic (exact) mass is 309 g/mol. The number of sulfonamides is 1. The van der Waals surface area contributed by atoms with Gasteiger partial charge in [0.2, 0.25) is 10.0 Å². The van der Waals surface area contributed by atoms with Gasteiger partial charge in [-0.1, -0.05) is 15.9 Å². The largest absolute Gasteiger partial charge is 0.280 e. The molecule has 0 aliphatic heterocycles. The van der Waals surface area contributed by atoms with Gasteiger partial charge in [-0.2, -0.15) is 0 Å². The standard InChI is InChI=1S/C10H13BrFNO2S/c1-10(2,3)16(14,15)13-9-5-4-7(11)6-8(9)12/h4-6,13H,1-3H3. The number of hydrogen-bond donors (Lipinski definition) is 1. The van der Waals surface area contributed by atoms with Gasteiger partial charge in [-0.25, -0.2) is 12.8 Å². The molecule has 0 unspecified atom stereocenters. The van der Waals surface area contributed by atoms with Crippen LogP contribution in [0.15, 0.2) is 22.7 Å². The van der Waals surface area contributed by atoms with Crippen LogP contribution in [0.2, 0.25) is 0 Å². The second-order valence-electron chi connectivity index (χ2n) is 4.34. The van der Waals surface area contributed by atoms with E-state index in [1.807, 2.05) is 0 Å². The lowest BCUT2D eigenvalue weighted by Gasteiger charge is -2.20. The Kier molecular flexibility index (Phi) is 3.64. The van der Waals surface area contributed by atoms with E-state index in [-0.39, 0.29) is 5.69 Å². The Labute approximate surface area is 103 Å². The van der Waals surface area contributed by atoms with Crippen molar-refractivity contribution >= 4 is 31.6 Å². The molecule has 90 valence electrons. The van der Waals surface area contributed by atoms with Gasteiger partial charge in [0.05, 0.1) is 10.4 Å². The number of benzene rings is 1. The van der Waals surface area contributed by atoms with Gasteiger partial charge in [-0.05, 0) is 39.0 Å². The molecule has 0 atom stereocenters. The van der Waals surface area contributed by atoms with E-state index in [2.05, 4.69) is 20.7 Å². The third-order valence-electron chi connectivity index (χ3n) is 1.98. The summed E-state index contributed by atoms with van der Waals surface area (Å²) in [6.07, 6.45) is 0. The highest BCUT2D eigenvalue weighted by molar-refractivity contribution is 9.10. The predicted molar refractivity (Wildman–Crippen MR) is 66.4 cm³/mol. The Morgan fingerprint density at radius 2 is 1.88 bits per heavy atom. The van der Waals surface area contributed by atoms with Crippen LogP contribution in [0.4, 0.5) is 10.1 Å². The molecule has 3 nitrogen and oxygen atoms in total. The SMILES string of the molecule is CC(C)(C)S(=O)(=O)Nc1ccc(Br)cc1F. The van der Waals surface area contributed by atoms with Crippen LogP contribution in [-0.2, 0) is 10.0 Å². The molecule has 0 aromatic heterocycles. The zero-order valence-electron chi connectivity index (χ0n) is 9.21. The summed E-state index contributed by atoms with van der Waals surface area (Å²) in [6, 6.07) is 4.16. The van der Waals surface area contributed by atoms with Crippen molar-refractivity contribution in [3.05, 3.63) is 28.5 Å². The van der Waals surface area contributed by atoms with E-state index in [0.29, 0.717) is 4.47 Å². The van der Waals surface area contributed by atoms with Gasteiger partial charge >= 0.3 is 0 Å². The normalized spacial score (nSPS) is 12.6. The lowest BCUT2D eigenvalue weighted by molar-refractivity contribution is 0.564. The van der Waals surface area contributed by atoms with Crippen molar-refractivity contribution in [1.29, 1.82) is 0 Å². The molecule has 0 bridgehead atoms. The van der Waals surface area contributed by atoms with Crippen molar-refractivity contribution in [3.63, 3.8) is 0 Å². The Balaban J connectivity index is 3.07. The molecule has 0 aliphatic rings. The van der Waals surface area contributed by atoms with Crippen molar-refractivity contribution in [2.24, 2.45) is 0 Å². The van der Waals surface area contributed by atoms with Gasteiger partial charge in [0.15, 0.2) is 0 Å². The molecule has 0 saturated heterocycles. The fourth-order valence-corrected chi connectivity index (χ4v) is 1.96. The number of halogens is 2. The highest BCUT2D eigenvalue weighted by atomic mass is 79.9. The van der Waals surface area contributed by atoms with Crippen LogP contribution >= 0.6 is 15.9 Å². The molecule has 1 aromatic carbocycles. The first-order chi connectivity index (χ1) is 7.13. The quantitative estimate of drug-likeness (QED) is 0.912. The Morgan fingerprint density at radius 3 is 2.31 bits per heavy atom.